The van der Waals surface area contributed by atoms with Gasteiger partial charge < -0.3 is 19.5 Å². The fraction of sp³-hybridized carbons (Fsp3) is 0.300. The molecular weight excluding hydrogens is 396 g/mol. The molecule has 0 amide bonds. The van der Waals surface area contributed by atoms with Crippen LogP contribution in [0.5, 0.6) is 11.8 Å². The largest absolute Gasteiger partial charge is 0.478 e. The first-order valence-electron chi connectivity index (χ1n) is 9.11. The number of pyridine rings is 3. The Bertz CT molecular complexity index is 967. The number of aromatic nitrogens is 3. The molecule has 29 heavy (non-hydrogen) atoms. The highest BCUT2D eigenvalue weighted by molar-refractivity contribution is 6.05. The Hall–Kier alpha value is -3.13. The Morgan fingerprint density at radius 2 is 1.66 bits per heavy atom. The lowest BCUT2D eigenvalue weighted by molar-refractivity contribution is 0.0527. The number of nitrogens with one attached hydrogen (secondary N) is 1. The van der Waals surface area contributed by atoms with Gasteiger partial charge in [0.15, 0.2) is 5.65 Å². The Kier molecular flexibility index (Phi) is 7.97. The minimum absolute atomic E-state index is 0. The van der Waals surface area contributed by atoms with Crippen molar-refractivity contribution in [2.24, 2.45) is 0 Å². The summed E-state index contributed by atoms with van der Waals surface area (Å²) < 4.78 is 16.0. The number of esters is 1. The van der Waals surface area contributed by atoms with E-state index in [0.717, 1.165) is 0 Å². The van der Waals surface area contributed by atoms with Crippen LogP contribution >= 0.6 is 12.4 Å². The van der Waals surface area contributed by atoms with E-state index in [0.29, 0.717) is 52.9 Å². The van der Waals surface area contributed by atoms with Crippen LogP contribution in [0.15, 0.2) is 36.7 Å². The molecule has 0 aliphatic heterocycles. The predicted molar refractivity (Wildman–Crippen MR) is 113 cm³/mol. The van der Waals surface area contributed by atoms with Crippen molar-refractivity contribution in [3.05, 3.63) is 42.2 Å². The summed E-state index contributed by atoms with van der Waals surface area (Å²) in [4.78, 5) is 25.4. The minimum atomic E-state index is -0.466. The molecule has 0 aliphatic rings. The van der Waals surface area contributed by atoms with E-state index in [1.807, 2.05) is 26.0 Å². The maximum atomic E-state index is 12.4. The van der Waals surface area contributed by atoms with Crippen molar-refractivity contribution in [2.75, 3.05) is 25.1 Å². The zero-order valence-electron chi connectivity index (χ0n) is 16.5. The van der Waals surface area contributed by atoms with Crippen LogP contribution in [0.4, 0.5) is 11.4 Å². The SMILES string of the molecule is CCOC(=O)c1cnc2nc(OCC)ccc2c1Nc1ccc(OCC)nc1.Cl. The van der Waals surface area contributed by atoms with Crippen LogP contribution in [0.2, 0.25) is 0 Å². The van der Waals surface area contributed by atoms with E-state index in [1.54, 1.807) is 25.3 Å². The number of ether oxygens (including phenoxy) is 3. The number of halogens is 1. The number of hydrogen-bond donors (Lipinski definition) is 1. The van der Waals surface area contributed by atoms with Crippen LogP contribution in [0.25, 0.3) is 11.0 Å². The van der Waals surface area contributed by atoms with E-state index < -0.39 is 5.97 Å². The molecule has 0 saturated carbocycles. The summed E-state index contributed by atoms with van der Waals surface area (Å²) >= 11 is 0. The fourth-order valence-corrected chi connectivity index (χ4v) is 2.62. The molecule has 0 unspecified atom stereocenters. The zero-order chi connectivity index (χ0) is 19.9. The summed E-state index contributed by atoms with van der Waals surface area (Å²) in [6.07, 6.45) is 3.08. The first-order chi connectivity index (χ1) is 13.7. The van der Waals surface area contributed by atoms with Crippen molar-refractivity contribution in [1.29, 1.82) is 0 Å². The summed E-state index contributed by atoms with van der Waals surface area (Å²) in [5.41, 5.74) is 2.01. The number of carbonyl (C=O) groups is 1. The topological polar surface area (TPSA) is 95.5 Å². The molecule has 0 spiro atoms. The van der Waals surface area contributed by atoms with Crippen LogP contribution in [0.1, 0.15) is 31.1 Å². The number of nitrogens with zero attached hydrogens (tertiary/aromatic N) is 3. The van der Waals surface area contributed by atoms with Crippen LogP contribution in [0, 0.1) is 0 Å². The van der Waals surface area contributed by atoms with Gasteiger partial charge in [-0.3, -0.25) is 0 Å². The minimum Gasteiger partial charge on any atom is -0.478 e. The monoisotopic (exact) mass is 418 g/mol. The molecule has 0 saturated heterocycles. The summed E-state index contributed by atoms with van der Waals surface area (Å²) in [6.45, 7) is 6.84. The smallest absolute Gasteiger partial charge is 0.341 e. The standard InChI is InChI=1S/C20H22N4O4.ClH/c1-4-26-16-9-7-13(11-21-16)23-18-14-8-10-17(27-5-2)24-19(14)22-12-15(18)20(25)28-6-3;/h7-12H,4-6H2,1-3H3,(H,22,23,24);1H. The van der Waals surface area contributed by atoms with Crippen molar-refractivity contribution in [3.63, 3.8) is 0 Å². The molecule has 3 aromatic heterocycles. The zero-order valence-corrected chi connectivity index (χ0v) is 17.3. The van der Waals surface area contributed by atoms with Crippen LogP contribution in [-0.2, 0) is 4.74 Å². The molecule has 8 nitrogen and oxygen atoms in total. The fourth-order valence-electron chi connectivity index (χ4n) is 2.62. The van der Waals surface area contributed by atoms with Crippen LogP contribution < -0.4 is 14.8 Å². The summed E-state index contributed by atoms with van der Waals surface area (Å²) in [5.74, 6) is 0.536. The van der Waals surface area contributed by atoms with E-state index in [2.05, 4.69) is 20.3 Å². The molecule has 0 radical (unpaired) electrons. The van der Waals surface area contributed by atoms with Gasteiger partial charge in [0, 0.05) is 23.7 Å². The number of anilines is 2. The van der Waals surface area contributed by atoms with E-state index in [-0.39, 0.29) is 19.0 Å². The van der Waals surface area contributed by atoms with Crippen LogP contribution in [-0.4, -0.2) is 40.7 Å². The summed E-state index contributed by atoms with van der Waals surface area (Å²) in [5, 5.41) is 3.91. The van der Waals surface area contributed by atoms with Gasteiger partial charge in [-0.1, -0.05) is 0 Å². The van der Waals surface area contributed by atoms with E-state index >= 15 is 0 Å². The molecule has 0 fully saturated rings. The molecule has 0 aliphatic carbocycles. The third-order valence-corrected chi connectivity index (χ3v) is 3.79. The Labute approximate surface area is 175 Å². The number of rotatable bonds is 8. The van der Waals surface area contributed by atoms with Gasteiger partial charge in [-0.05, 0) is 32.9 Å². The van der Waals surface area contributed by atoms with Crippen molar-refractivity contribution >= 4 is 40.8 Å². The van der Waals surface area contributed by atoms with Gasteiger partial charge in [0.05, 0.1) is 37.4 Å². The molecule has 9 heteroatoms. The summed E-state index contributed by atoms with van der Waals surface area (Å²) in [7, 11) is 0. The number of carbonyl (C=O) groups excluding carboxylic acids is 1. The Balaban J connectivity index is 0.00000300. The molecule has 0 aromatic carbocycles. The van der Waals surface area contributed by atoms with Gasteiger partial charge in [-0.2, -0.15) is 4.98 Å². The van der Waals surface area contributed by atoms with Gasteiger partial charge in [0.25, 0.3) is 0 Å². The highest BCUT2D eigenvalue weighted by Gasteiger charge is 2.18. The lowest BCUT2D eigenvalue weighted by atomic mass is 10.1. The normalized spacial score (nSPS) is 10.2. The van der Waals surface area contributed by atoms with Crippen molar-refractivity contribution in [3.8, 4) is 11.8 Å². The molecule has 3 aromatic rings. The molecule has 154 valence electrons. The maximum absolute atomic E-state index is 12.4. The molecule has 0 bridgehead atoms. The highest BCUT2D eigenvalue weighted by atomic mass is 35.5. The van der Waals surface area contributed by atoms with Crippen LogP contribution in [0.3, 0.4) is 0 Å². The highest BCUT2D eigenvalue weighted by Crippen LogP contribution is 2.30. The van der Waals surface area contributed by atoms with Crippen molar-refractivity contribution < 1.29 is 19.0 Å². The predicted octanol–water partition coefficient (Wildman–Crippen LogP) is 4.16. The molecule has 3 rings (SSSR count). The second kappa shape index (κ2) is 10.4. The van der Waals surface area contributed by atoms with Gasteiger partial charge in [-0.15, -0.1) is 12.4 Å². The van der Waals surface area contributed by atoms with E-state index in [1.165, 1.54) is 6.20 Å². The Morgan fingerprint density at radius 3 is 2.31 bits per heavy atom. The molecular formula is C20H23ClN4O4. The van der Waals surface area contributed by atoms with Gasteiger partial charge in [0.2, 0.25) is 11.8 Å². The maximum Gasteiger partial charge on any atom is 0.341 e. The lowest BCUT2D eigenvalue weighted by Gasteiger charge is -2.14. The van der Waals surface area contributed by atoms with Gasteiger partial charge in [-0.25, -0.2) is 14.8 Å². The van der Waals surface area contributed by atoms with E-state index in [9.17, 15) is 4.79 Å². The Morgan fingerprint density at radius 1 is 0.931 bits per heavy atom. The lowest BCUT2D eigenvalue weighted by Crippen LogP contribution is -2.10. The number of fused-ring (bicyclic) bond motifs is 1. The average Bonchev–Trinajstić information content (AvgIpc) is 2.70. The third-order valence-electron chi connectivity index (χ3n) is 3.79. The second-order valence-electron chi connectivity index (χ2n) is 5.66. The quantitative estimate of drug-likeness (QED) is 0.544. The average molecular weight is 419 g/mol. The second-order valence-corrected chi connectivity index (χ2v) is 5.66. The van der Waals surface area contributed by atoms with Gasteiger partial charge in [0.1, 0.15) is 5.56 Å². The van der Waals surface area contributed by atoms with Gasteiger partial charge >= 0.3 is 5.97 Å². The molecule has 3 heterocycles. The first-order valence-corrected chi connectivity index (χ1v) is 9.11. The van der Waals surface area contributed by atoms with Crippen molar-refractivity contribution in [2.45, 2.75) is 20.8 Å². The number of hydrogen-bond acceptors (Lipinski definition) is 8. The summed E-state index contributed by atoms with van der Waals surface area (Å²) in [6, 6.07) is 7.13. The molecule has 1 N–H and O–H groups in total. The third kappa shape index (κ3) is 5.23. The molecule has 0 atom stereocenters. The first kappa shape index (κ1) is 22.2. The van der Waals surface area contributed by atoms with Crippen molar-refractivity contribution in [1.82, 2.24) is 15.0 Å². The van der Waals surface area contributed by atoms with E-state index in [4.69, 9.17) is 14.2 Å².